The molecule has 0 amide bonds. The first-order chi connectivity index (χ1) is 10.4. The third-order valence-electron chi connectivity index (χ3n) is 4.80. The zero-order valence-corrected chi connectivity index (χ0v) is 12.7. The molecular formula is C20H24O. The van der Waals surface area contributed by atoms with Crippen molar-refractivity contribution in [3.05, 3.63) is 71.8 Å². The van der Waals surface area contributed by atoms with Gasteiger partial charge in [-0.2, -0.15) is 0 Å². The Morgan fingerprint density at radius 1 is 0.810 bits per heavy atom. The summed E-state index contributed by atoms with van der Waals surface area (Å²) in [5, 5.41) is 0. The van der Waals surface area contributed by atoms with Crippen LogP contribution in [0.15, 0.2) is 60.7 Å². The maximum atomic E-state index is 5.83. The van der Waals surface area contributed by atoms with Crippen LogP contribution in [0.4, 0.5) is 0 Å². The van der Waals surface area contributed by atoms with Crippen LogP contribution in [0, 0.1) is 5.92 Å². The van der Waals surface area contributed by atoms with E-state index in [-0.39, 0.29) is 0 Å². The molecule has 0 unspecified atom stereocenters. The summed E-state index contributed by atoms with van der Waals surface area (Å²) in [6.07, 6.45) is 5.44. The van der Waals surface area contributed by atoms with E-state index < -0.39 is 0 Å². The van der Waals surface area contributed by atoms with Crippen LogP contribution in [0.25, 0.3) is 0 Å². The van der Waals surface area contributed by atoms with Crippen molar-refractivity contribution in [3.8, 4) is 0 Å². The van der Waals surface area contributed by atoms with E-state index >= 15 is 0 Å². The van der Waals surface area contributed by atoms with Crippen LogP contribution in [0.2, 0.25) is 0 Å². The largest absolute Gasteiger partial charge is 0.381 e. The molecule has 2 aromatic rings. The normalized spacial score (nSPS) is 22.4. The number of hydrogen-bond donors (Lipinski definition) is 0. The monoisotopic (exact) mass is 280 g/mol. The van der Waals surface area contributed by atoms with Gasteiger partial charge < -0.3 is 4.74 Å². The van der Waals surface area contributed by atoms with E-state index in [1.165, 1.54) is 36.8 Å². The molecule has 0 spiro atoms. The highest BCUT2D eigenvalue weighted by molar-refractivity contribution is 5.33. The summed E-state index contributed by atoms with van der Waals surface area (Å²) in [5.41, 5.74) is 2.83. The van der Waals surface area contributed by atoms with Gasteiger partial charge in [0.05, 0.1) is 6.10 Å². The predicted molar refractivity (Wildman–Crippen MR) is 87.5 cm³/mol. The van der Waals surface area contributed by atoms with Gasteiger partial charge in [-0.05, 0) is 29.9 Å². The third kappa shape index (κ3) is 3.19. The Morgan fingerprint density at radius 2 is 1.33 bits per heavy atom. The van der Waals surface area contributed by atoms with Gasteiger partial charge in [0.15, 0.2) is 0 Å². The molecule has 1 nitrogen and oxygen atoms in total. The van der Waals surface area contributed by atoms with Crippen LogP contribution < -0.4 is 0 Å². The molecule has 1 saturated carbocycles. The number of methoxy groups -OCH3 is 1. The van der Waals surface area contributed by atoms with Crippen molar-refractivity contribution in [2.24, 2.45) is 5.92 Å². The van der Waals surface area contributed by atoms with Crippen LogP contribution in [-0.2, 0) is 4.74 Å². The fraction of sp³-hybridized carbons (Fsp3) is 0.400. The molecule has 0 heterocycles. The second-order valence-corrected chi connectivity index (χ2v) is 6.02. The lowest BCUT2D eigenvalue weighted by Gasteiger charge is -2.37. The topological polar surface area (TPSA) is 9.23 Å². The number of benzene rings is 2. The number of hydrogen-bond acceptors (Lipinski definition) is 1. The molecule has 1 fully saturated rings. The first-order valence-electron chi connectivity index (χ1n) is 8.03. The Kier molecular flexibility index (Phi) is 4.72. The molecule has 0 saturated heterocycles. The van der Waals surface area contributed by atoms with E-state index in [4.69, 9.17) is 4.74 Å². The molecule has 2 aromatic carbocycles. The van der Waals surface area contributed by atoms with Gasteiger partial charge in [-0.25, -0.2) is 0 Å². The van der Waals surface area contributed by atoms with Gasteiger partial charge in [-0.15, -0.1) is 0 Å². The minimum atomic E-state index is 0.379. The fourth-order valence-corrected chi connectivity index (χ4v) is 3.81. The molecule has 1 heteroatoms. The molecule has 0 aliphatic heterocycles. The highest BCUT2D eigenvalue weighted by atomic mass is 16.5. The van der Waals surface area contributed by atoms with Crippen molar-refractivity contribution >= 4 is 0 Å². The van der Waals surface area contributed by atoms with Crippen LogP contribution in [0.5, 0.6) is 0 Å². The molecule has 0 aromatic heterocycles. The van der Waals surface area contributed by atoms with E-state index in [0.717, 1.165) is 0 Å². The fourth-order valence-electron chi connectivity index (χ4n) is 3.81. The van der Waals surface area contributed by atoms with Crippen molar-refractivity contribution in [1.29, 1.82) is 0 Å². The van der Waals surface area contributed by atoms with Crippen LogP contribution in [0.1, 0.15) is 42.7 Å². The van der Waals surface area contributed by atoms with Crippen molar-refractivity contribution in [1.82, 2.24) is 0 Å². The maximum Gasteiger partial charge on any atom is 0.0608 e. The van der Waals surface area contributed by atoms with Crippen molar-refractivity contribution in [2.45, 2.75) is 37.7 Å². The number of ether oxygens (including phenoxy) is 1. The van der Waals surface area contributed by atoms with E-state index in [1.807, 2.05) is 7.11 Å². The molecule has 110 valence electrons. The number of rotatable bonds is 4. The lowest BCUT2D eigenvalue weighted by molar-refractivity contribution is 0.0173. The second kappa shape index (κ2) is 6.91. The molecule has 2 atom stereocenters. The summed E-state index contributed by atoms with van der Waals surface area (Å²) in [6, 6.07) is 21.8. The zero-order valence-electron chi connectivity index (χ0n) is 12.7. The van der Waals surface area contributed by atoms with E-state index in [0.29, 0.717) is 17.9 Å². The van der Waals surface area contributed by atoms with Crippen LogP contribution >= 0.6 is 0 Å². The third-order valence-corrected chi connectivity index (χ3v) is 4.80. The smallest absolute Gasteiger partial charge is 0.0608 e. The minimum absolute atomic E-state index is 0.379. The first kappa shape index (κ1) is 14.3. The minimum Gasteiger partial charge on any atom is -0.381 e. The summed E-state index contributed by atoms with van der Waals surface area (Å²) in [6.45, 7) is 0. The summed E-state index contributed by atoms with van der Waals surface area (Å²) < 4.78 is 5.83. The Labute approximate surface area is 128 Å². The molecule has 1 aliphatic rings. The Balaban J connectivity index is 2.00. The van der Waals surface area contributed by atoms with Gasteiger partial charge >= 0.3 is 0 Å². The van der Waals surface area contributed by atoms with Gasteiger partial charge in [-0.1, -0.05) is 73.5 Å². The molecule has 0 N–H and O–H groups in total. The summed E-state index contributed by atoms with van der Waals surface area (Å²) in [5.74, 6) is 1.02. The standard InChI is InChI=1S/C20H24O/c1-21-19-15-9-8-14-18(19)20(16-10-4-2-5-11-16)17-12-6-3-7-13-17/h2-7,10-13,18-20H,8-9,14-15H2,1H3/t18-,19-/m1/s1. The van der Waals surface area contributed by atoms with Crippen molar-refractivity contribution in [2.75, 3.05) is 7.11 Å². The van der Waals surface area contributed by atoms with E-state index in [9.17, 15) is 0 Å². The average molecular weight is 280 g/mol. The lowest BCUT2D eigenvalue weighted by Crippen LogP contribution is -2.32. The molecular weight excluding hydrogens is 256 g/mol. The zero-order chi connectivity index (χ0) is 14.5. The highest BCUT2D eigenvalue weighted by Gasteiger charge is 2.33. The lowest BCUT2D eigenvalue weighted by atomic mass is 9.72. The second-order valence-electron chi connectivity index (χ2n) is 6.02. The van der Waals surface area contributed by atoms with Crippen LogP contribution in [0.3, 0.4) is 0 Å². The van der Waals surface area contributed by atoms with Crippen molar-refractivity contribution < 1.29 is 4.74 Å². The van der Waals surface area contributed by atoms with Crippen molar-refractivity contribution in [3.63, 3.8) is 0 Å². The van der Waals surface area contributed by atoms with E-state index in [1.54, 1.807) is 0 Å². The summed E-state index contributed by atoms with van der Waals surface area (Å²) >= 11 is 0. The predicted octanol–water partition coefficient (Wildman–Crippen LogP) is 5.02. The molecule has 1 aliphatic carbocycles. The average Bonchev–Trinajstić information content (AvgIpc) is 2.58. The van der Waals surface area contributed by atoms with Gasteiger partial charge in [0.1, 0.15) is 0 Å². The summed E-state index contributed by atoms with van der Waals surface area (Å²) in [7, 11) is 1.87. The molecule has 3 rings (SSSR count). The molecule has 0 bridgehead atoms. The van der Waals surface area contributed by atoms with Gasteiger partial charge in [0.25, 0.3) is 0 Å². The van der Waals surface area contributed by atoms with Gasteiger partial charge in [0.2, 0.25) is 0 Å². The quantitative estimate of drug-likeness (QED) is 0.763. The Hall–Kier alpha value is -1.60. The van der Waals surface area contributed by atoms with Gasteiger partial charge in [-0.3, -0.25) is 0 Å². The molecule has 0 radical (unpaired) electrons. The Bertz CT molecular complexity index is 495. The SMILES string of the molecule is CO[C@@H]1CCCC[C@H]1C(c1ccccc1)c1ccccc1. The Morgan fingerprint density at radius 3 is 1.86 bits per heavy atom. The van der Waals surface area contributed by atoms with Gasteiger partial charge in [0, 0.05) is 13.0 Å². The molecule has 21 heavy (non-hydrogen) atoms. The van der Waals surface area contributed by atoms with E-state index in [2.05, 4.69) is 60.7 Å². The highest BCUT2D eigenvalue weighted by Crippen LogP contribution is 2.41. The first-order valence-corrected chi connectivity index (χ1v) is 8.03. The maximum absolute atomic E-state index is 5.83. The van der Waals surface area contributed by atoms with Crippen LogP contribution in [-0.4, -0.2) is 13.2 Å². The summed E-state index contributed by atoms with van der Waals surface area (Å²) in [4.78, 5) is 0.